The van der Waals surface area contributed by atoms with Gasteiger partial charge >= 0.3 is 0 Å². The van der Waals surface area contributed by atoms with E-state index in [0.29, 0.717) is 6.61 Å². The van der Waals surface area contributed by atoms with Gasteiger partial charge in [-0.2, -0.15) is 0 Å². The standard InChI is InChI=1S/C15H14Cl2O/c16-13-6-4-5-12(9-13)10-14(17)11-18-15-7-2-1-3-8-15/h1-9,14H,10-11H2. The molecule has 94 valence electrons. The Morgan fingerprint density at radius 1 is 1.00 bits per heavy atom. The maximum atomic E-state index is 6.25. The molecule has 18 heavy (non-hydrogen) atoms. The van der Waals surface area contributed by atoms with E-state index in [-0.39, 0.29) is 5.38 Å². The molecule has 2 rings (SSSR count). The van der Waals surface area contributed by atoms with E-state index < -0.39 is 0 Å². The minimum atomic E-state index is -0.0660. The Morgan fingerprint density at radius 2 is 1.78 bits per heavy atom. The summed E-state index contributed by atoms with van der Waals surface area (Å²) in [6.45, 7) is 0.484. The molecule has 0 saturated heterocycles. The third-order valence-corrected chi connectivity index (χ3v) is 3.04. The van der Waals surface area contributed by atoms with Gasteiger partial charge in [0.05, 0.1) is 5.38 Å². The normalized spacial score (nSPS) is 12.1. The summed E-state index contributed by atoms with van der Waals surface area (Å²) in [5, 5.41) is 0.670. The Kier molecular flexibility index (Phi) is 4.91. The molecule has 1 unspecified atom stereocenters. The molecule has 0 aliphatic carbocycles. The number of halogens is 2. The van der Waals surface area contributed by atoms with Gasteiger partial charge in [0.15, 0.2) is 0 Å². The van der Waals surface area contributed by atoms with E-state index in [1.165, 1.54) is 0 Å². The summed E-state index contributed by atoms with van der Waals surface area (Å²) >= 11 is 12.2. The van der Waals surface area contributed by atoms with Crippen molar-refractivity contribution < 1.29 is 4.74 Å². The van der Waals surface area contributed by atoms with Crippen LogP contribution in [0.3, 0.4) is 0 Å². The van der Waals surface area contributed by atoms with E-state index in [1.54, 1.807) is 0 Å². The fraction of sp³-hybridized carbons (Fsp3) is 0.200. The van der Waals surface area contributed by atoms with Crippen LogP contribution in [-0.4, -0.2) is 12.0 Å². The van der Waals surface area contributed by atoms with E-state index in [9.17, 15) is 0 Å². The highest BCUT2D eigenvalue weighted by Crippen LogP contribution is 2.16. The zero-order valence-electron chi connectivity index (χ0n) is 9.85. The molecule has 2 aromatic carbocycles. The maximum Gasteiger partial charge on any atom is 0.119 e. The van der Waals surface area contributed by atoms with Gasteiger partial charge in [-0.3, -0.25) is 0 Å². The number of rotatable bonds is 5. The minimum absolute atomic E-state index is 0.0660. The topological polar surface area (TPSA) is 9.23 Å². The molecule has 0 bridgehead atoms. The molecule has 0 saturated carbocycles. The highest BCUT2D eigenvalue weighted by Gasteiger charge is 2.07. The lowest BCUT2D eigenvalue weighted by molar-refractivity contribution is 0.314. The van der Waals surface area contributed by atoms with Crippen LogP contribution in [-0.2, 0) is 6.42 Å². The number of hydrogen-bond acceptors (Lipinski definition) is 1. The first-order valence-electron chi connectivity index (χ1n) is 5.80. The van der Waals surface area contributed by atoms with Gasteiger partial charge in [0.25, 0.3) is 0 Å². The van der Waals surface area contributed by atoms with Crippen molar-refractivity contribution in [2.24, 2.45) is 0 Å². The lowest BCUT2D eigenvalue weighted by atomic mass is 10.1. The second-order valence-corrected chi connectivity index (χ2v) is 5.11. The first-order chi connectivity index (χ1) is 8.74. The van der Waals surface area contributed by atoms with Gasteiger partial charge in [0.1, 0.15) is 12.4 Å². The third-order valence-electron chi connectivity index (χ3n) is 2.52. The van der Waals surface area contributed by atoms with Gasteiger partial charge in [-0.05, 0) is 36.2 Å². The van der Waals surface area contributed by atoms with Crippen LogP contribution in [0, 0.1) is 0 Å². The Bertz CT molecular complexity index is 485. The molecule has 2 aromatic rings. The molecular weight excluding hydrogens is 267 g/mol. The summed E-state index contributed by atoms with van der Waals surface area (Å²) in [7, 11) is 0. The van der Waals surface area contributed by atoms with Crippen molar-refractivity contribution in [2.45, 2.75) is 11.8 Å². The molecule has 0 amide bonds. The molecule has 3 heteroatoms. The zero-order valence-corrected chi connectivity index (χ0v) is 11.4. The van der Waals surface area contributed by atoms with Crippen LogP contribution < -0.4 is 4.74 Å². The highest BCUT2D eigenvalue weighted by atomic mass is 35.5. The fourth-order valence-electron chi connectivity index (χ4n) is 1.68. The summed E-state index contributed by atoms with van der Waals surface area (Å²) in [5.41, 5.74) is 1.12. The van der Waals surface area contributed by atoms with E-state index in [0.717, 1.165) is 22.8 Å². The van der Waals surface area contributed by atoms with Crippen molar-refractivity contribution in [3.63, 3.8) is 0 Å². The van der Waals surface area contributed by atoms with Crippen LogP contribution in [0.2, 0.25) is 5.02 Å². The average molecular weight is 281 g/mol. The first-order valence-corrected chi connectivity index (χ1v) is 6.62. The SMILES string of the molecule is Clc1cccc(CC(Cl)COc2ccccc2)c1. The maximum absolute atomic E-state index is 6.25. The molecule has 0 radical (unpaired) electrons. The lowest BCUT2D eigenvalue weighted by Gasteiger charge is -2.11. The minimum Gasteiger partial charge on any atom is -0.492 e. The fourth-order valence-corrected chi connectivity index (χ4v) is 2.14. The van der Waals surface area contributed by atoms with Gasteiger partial charge < -0.3 is 4.74 Å². The first kappa shape index (κ1) is 13.3. The van der Waals surface area contributed by atoms with Gasteiger partial charge in [-0.1, -0.05) is 41.9 Å². The predicted octanol–water partition coefficient (Wildman–Crippen LogP) is 4.57. The average Bonchev–Trinajstić information content (AvgIpc) is 2.38. The lowest BCUT2D eigenvalue weighted by Crippen LogP contribution is -2.14. The van der Waals surface area contributed by atoms with Crippen LogP contribution in [0.15, 0.2) is 54.6 Å². The van der Waals surface area contributed by atoms with E-state index in [2.05, 4.69) is 0 Å². The monoisotopic (exact) mass is 280 g/mol. The van der Waals surface area contributed by atoms with E-state index >= 15 is 0 Å². The second-order valence-electron chi connectivity index (χ2n) is 4.06. The number of alkyl halides is 1. The number of hydrogen-bond donors (Lipinski definition) is 0. The largest absolute Gasteiger partial charge is 0.492 e. The van der Waals surface area contributed by atoms with Crippen molar-refractivity contribution >= 4 is 23.2 Å². The quantitative estimate of drug-likeness (QED) is 0.729. The van der Waals surface area contributed by atoms with Crippen LogP contribution in [0.25, 0.3) is 0 Å². The molecule has 0 spiro atoms. The summed E-state index contributed by atoms with van der Waals surface area (Å²) in [6.07, 6.45) is 0.745. The van der Waals surface area contributed by atoms with E-state index in [4.69, 9.17) is 27.9 Å². The van der Waals surface area contributed by atoms with Crippen molar-refractivity contribution in [2.75, 3.05) is 6.61 Å². The van der Waals surface area contributed by atoms with Crippen molar-refractivity contribution in [3.05, 3.63) is 65.2 Å². The van der Waals surface area contributed by atoms with Crippen molar-refractivity contribution in [3.8, 4) is 5.75 Å². The molecule has 0 aliphatic heterocycles. The van der Waals surface area contributed by atoms with Crippen molar-refractivity contribution in [1.82, 2.24) is 0 Å². The summed E-state index contributed by atoms with van der Waals surface area (Å²) in [6, 6.07) is 17.4. The Morgan fingerprint density at radius 3 is 2.50 bits per heavy atom. The smallest absolute Gasteiger partial charge is 0.119 e. The summed E-state index contributed by atoms with van der Waals surface area (Å²) in [5.74, 6) is 0.842. The van der Waals surface area contributed by atoms with Gasteiger partial charge in [-0.25, -0.2) is 0 Å². The number of para-hydroxylation sites is 1. The number of benzene rings is 2. The Labute approximate surface area is 117 Å². The predicted molar refractivity (Wildman–Crippen MR) is 76.7 cm³/mol. The van der Waals surface area contributed by atoms with Gasteiger partial charge in [-0.15, -0.1) is 11.6 Å². The molecule has 0 aliphatic rings. The summed E-state index contributed by atoms with van der Waals surface area (Å²) < 4.78 is 5.61. The van der Waals surface area contributed by atoms with E-state index in [1.807, 2.05) is 54.6 Å². The Hall–Kier alpha value is -1.18. The second kappa shape index (κ2) is 6.67. The molecule has 0 N–H and O–H groups in total. The molecule has 1 atom stereocenters. The van der Waals surface area contributed by atoms with Crippen LogP contribution >= 0.6 is 23.2 Å². The number of ether oxygens (including phenoxy) is 1. The molecular formula is C15H14Cl2O. The highest BCUT2D eigenvalue weighted by molar-refractivity contribution is 6.30. The van der Waals surface area contributed by atoms with Crippen LogP contribution in [0.4, 0.5) is 0 Å². The van der Waals surface area contributed by atoms with Crippen LogP contribution in [0.5, 0.6) is 5.75 Å². The van der Waals surface area contributed by atoms with Crippen LogP contribution in [0.1, 0.15) is 5.56 Å². The molecule has 0 fully saturated rings. The van der Waals surface area contributed by atoms with Gasteiger partial charge in [0, 0.05) is 5.02 Å². The van der Waals surface area contributed by atoms with Crippen molar-refractivity contribution in [1.29, 1.82) is 0 Å². The molecule has 1 nitrogen and oxygen atoms in total. The van der Waals surface area contributed by atoms with Gasteiger partial charge in [0.2, 0.25) is 0 Å². The Balaban J connectivity index is 1.84. The third kappa shape index (κ3) is 4.25. The molecule has 0 heterocycles. The zero-order chi connectivity index (χ0) is 12.8. The summed E-state index contributed by atoms with van der Waals surface area (Å²) in [4.78, 5) is 0. The molecule has 0 aromatic heterocycles.